The summed E-state index contributed by atoms with van der Waals surface area (Å²) in [7, 11) is 0. The van der Waals surface area contributed by atoms with Gasteiger partial charge in [0, 0.05) is 6.42 Å². The molecule has 12 heavy (non-hydrogen) atoms. The van der Waals surface area contributed by atoms with Gasteiger partial charge in [0.2, 0.25) is 0 Å². The summed E-state index contributed by atoms with van der Waals surface area (Å²) in [6.07, 6.45) is 7.48. The van der Waals surface area contributed by atoms with E-state index in [4.69, 9.17) is 0 Å². The van der Waals surface area contributed by atoms with E-state index in [-0.39, 0.29) is 0 Å². The van der Waals surface area contributed by atoms with E-state index >= 15 is 0 Å². The predicted molar refractivity (Wildman–Crippen MR) is 51.0 cm³/mol. The molecule has 1 aliphatic rings. The summed E-state index contributed by atoms with van der Waals surface area (Å²) >= 11 is 0. The minimum absolute atomic E-state index is 0.333. The number of carbonyl (C=O) groups is 1. The molecular formula is C11H18O. The van der Waals surface area contributed by atoms with Gasteiger partial charge in [-0.25, -0.2) is 0 Å². The first-order chi connectivity index (χ1) is 5.72. The molecule has 1 atom stereocenters. The molecule has 1 rings (SSSR count). The van der Waals surface area contributed by atoms with Crippen LogP contribution in [-0.4, -0.2) is 5.78 Å². The lowest BCUT2D eigenvalue weighted by Crippen LogP contribution is -2.12. The zero-order chi connectivity index (χ0) is 8.97. The van der Waals surface area contributed by atoms with Gasteiger partial charge in [-0.1, -0.05) is 25.3 Å². The largest absolute Gasteiger partial charge is 0.295 e. The van der Waals surface area contributed by atoms with Crippen LogP contribution < -0.4 is 0 Å². The summed E-state index contributed by atoms with van der Waals surface area (Å²) in [5.74, 6) is 0.974. The number of hydrogen-bond acceptors (Lipinski definition) is 1. The van der Waals surface area contributed by atoms with E-state index in [2.05, 4.69) is 13.8 Å². The van der Waals surface area contributed by atoms with E-state index in [9.17, 15) is 4.79 Å². The molecular weight excluding hydrogens is 148 g/mol. The Bertz CT molecular complexity index is 191. The fraction of sp³-hybridized carbons (Fsp3) is 0.727. The van der Waals surface area contributed by atoms with Gasteiger partial charge in [-0.15, -0.1) is 0 Å². The van der Waals surface area contributed by atoms with Gasteiger partial charge in [-0.2, -0.15) is 0 Å². The normalized spacial score (nSPS) is 24.0. The predicted octanol–water partition coefficient (Wildman–Crippen LogP) is 3.10. The number of rotatable bonds is 3. The summed E-state index contributed by atoms with van der Waals surface area (Å²) in [6, 6.07) is 0. The van der Waals surface area contributed by atoms with Crippen LogP contribution in [-0.2, 0) is 4.79 Å². The van der Waals surface area contributed by atoms with Gasteiger partial charge in [0.05, 0.1) is 0 Å². The van der Waals surface area contributed by atoms with E-state index < -0.39 is 0 Å². The monoisotopic (exact) mass is 166 g/mol. The van der Waals surface area contributed by atoms with E-state index in [0.717, 1.165) is 12.8 Å². The molecule has 1 aliphatic carbocycles. The average Bonchev–Trinajstić information content (AvgIpc) is 1.99. The van der Waals surface area contributed by atoms with E-state index in [1.165, 1.54) is 24.8 Å². The molecule has 0 spiro atoms. The second-order valence-corrected chi connectivity index (χ2v) is 3.87. The lowest BCUT2D eigenvalue weighted by molar-refractivity contribution is -0.116. The minimum atomic E-state index is 0.333. The molecule has 0 unspecified atom stereocenters. The van der Waals surface area contributed by atoms with Crippen molar-refractivity contribution in [3.8, 4) is 0 Å². The second-order valence-electron chi connectivity index (χ2n) is 3.87. The first-order valence-corrected chi connectivity index (χ1v) is 4.92. The molecule has 0 fully saturated rings. The van der Waals surface area contributed by atoms with E-state index in [0.29, 0.717) is 11.7 Å². The van der Waals surface area contributed by atoms with Gasteiger partial charge >= 0.3 is 0 Å². The third kappa shape index (κ3) is 2.80. The molecule has 1 nitrogen and oxygen atoms in total. The number of hydrogen-bond donors (Lipinski definition) is 0. The third-order valence-electron chi connectivity index (χ3n) is 2.47. The van der Waals surface area contributed by atoms with E-state index in [1.54, 1.807) is 0 Å². The van der Waals surface area contributed by atoms with Crippen molar-refractivity contribution in [2.24, 2.45) is 5.92 Å². The maximum atomic E-state index is 11.2. The fourth-order valence-electron chi connectivity index (χ4n) is 1.90. The maximum absolute atomic E-state index is 11.2. The van der Waals surface area contributed by atoms with Gasteiger partial charge < -0.3 is 0 Å². The third-order valence-corrected chi connectivity index (χ3v) is 2.47. The molecule has 0 saturated heterocycles. The topological polar surface area (TPSA) is 17.1 Å². The van der Waals surface area contributed by atoms with Crippen LogP contribution in [0.3, 0.4) is 0 Å². The Morgan fingerprint density at radius 2 is 2.25 bits per heavy atom. The highest BCUT2D eigenvalue weighted by molar-refractivity contribution is 5.91. The molecule has 0 aromatic rings. The first-order valence-electron chi connectivity index (χ1n) is 4.92. The highest BCUT2D eigenvalue weighted by Gasteiger charge is 2.17. The van der Waals surface area contributed by atoms with Crippen molar-refractivity contribution in [1.82, 2.24) is 0 Å². The van der Waals surface area contributed by atoms with Gasteiger partial charge in [-0.05, 0) is 31.8 Å². The second kappa shape index (κ2) is 4.44. The van der Waals surface area contributed by atoms with Crippen LogP contribution in [0.2, 0.25) is 0 Å². The van der Waals surface area contributed by atoms with Gasteiger partial charge in [0.1, 0.15) is 0 Å². The summed E-state index contributed by atoms with van der Waals surface area (Å²) in [4.78, 5) is 11.2. The number of ketones is 1. The van der Waals surface area contributed by atoms with Gasteiger partial charge in [0.25, 0.3) is 0 Å². The number of carbonyl (C=O) groups excluding carboxylic acids is 1. The standard InChI is InChI=1S/C11H18O/c1-3-4-5-10-6-9(2)7-11(12)8-10/h7,10H,3-6,8H2,1-2H3/t10-/m1/s1. The van der Waals surface area contributed by atoms with Crippen LogP contribution in [0.4, 0.5) is 0 Å². The van der Waals surface area contributed by atoms with Gasteiger partial charge in [-0.3, -0.25) is 4.79 Å². The maximum Gasteiger partial charge on any atom is 0.155 e. The van der Waals surface area contributed by atoms with Crippen molar-refractivity contribution in [3.63, 3.8) is 0 Å². The van der Waals surface area contributed by atoms with Crippen molar-refractivity contribution < 1.29 is 4.79 Å². The highest BCUT2D eigenvalue weighted by atomic mass is 16.1. The van der Waals surface area contributed by atoms with Crippen molar-refractivity contribution in [2.45, 2.75) is 46.0 Å². The molecule has 0 aromatic heterocycles. The number of allylic oxidation sites excluding steroid dienone is 2. The summed E-state index contributed by atoms with van der Waals surface area (Å²) in [5, 5.41) is 0. The van der Waals surface area contributed by atoms with Crippen molar-refractivity contribution in [3.05, 3.63) is 11.6 Å². The Morgan fingerprint density at radius 3 is 2.83 bits per heavy atom. The fourth-order valence-corrected chi connectivity index (χ4v) is 1.90. The van der Waals surface area contributed by atoms with Crippen LogP contribution in [0.1, 0.15) is 46.0 Å². The lowest BCUT2D eigenvalue weighted by Gasteiger charge is -2.19. The Labute approximate surface area is 74.9 Å². The SMILES string of the molecule is CCCC[C@H]1CC(=O)C=C(C)C1. The Morgan fingerprint density at radius 1 is 1.50 bits per heavy atom. The minimum Gasteiger partial charge on any atom is -0.295 e. The van der Waals surface area contributed by atoms with Crippen LogP contribution in [0.25, 0.3) is 0 Å². The zero-order valence-electron chi connectivity index (χ0n) is 8.10. The van der Waals surface area contributed by atoms with E-state index in [1.807, 2.05) is 6.08 Å². The zero-order valence-corrected chi connectivity index (χ0v) is 8.10. The summed E-state index contributed by atoms with van der Waals surface area (Å²) in [5.41, 5.74) is 1.27. The Kier molecular flexibility index (Phi) is 3.51. The van der Waals surface area contributed by atoms with Crippen molar-refractivity contribution in [1.29, 1.82) is 0 Å². The molecule has 68 valence electrons. The molecule has 0 bridgehead atoms. The smallest absolute Gasteiger partial charge is 0.155 e. The lowest BCUT2D eigenvalue weighted by atomic mass is 9.85. The molecule has 0 heterocycles. The molecule has 0 amide bonds. The average molecular weight is 166 g/mol. The molecule has 0 aliphatic heterocycles. The summed E-state index contributed by atoms with van der Waals surface area (Å²) in [6.45, 7) is 4.27. The molecule has 0 aromatic carbocycles. The first kappa shape index (κ1) is 9.50. The van der Waals surface area contributed by atoms with Crippen molar-refractivity contribution in [2.75, 3.05) is 0 Å². The van der Waals surface area contributed by atoms with Gasteiger partial charge in [0.15, 0.2) is 5.78 Å². The van der Waals surface area contributed by atoms with Crippen LogP contribution in [0, 0.1) is 5.92 Å². The van der Waals surface area contributed by atoms with Crippen molar-refractivity contribution >= 4 is 5.78 Å². The van der Waals surface area contributed by atoms with Crippen LogP contribution in [0.5, 0.6) is 0 Å². The number of unbranched alkanes of at least 4 members (excludes halogenated alkanes) is 1. The molecule has 1 heteroatoms. The Balaban J connectivity index is 2.39. The quantitative estimate of drug-likeness (QED) is 0.629. The van der Waals surface area contributed by atoms with Crippen LogP contribution >= 0.6 is 0 Å². The molecule has 0 saturated carbocycles. The van der Waals surface area contributed by atoms with Crippen LogP contribution in [0.15, 0.2) is 11.6 Å². The molecule has 0 N–H and O–H groups in total. The highest BCUT2D eigenvalue weighted by Crippen LogP contribution is 2.25. The Hall–Kier alpha value is -0.590. The summed E-state index contributed by atoms with van der Waals surface area (Å²) < 4.78 is 0. The molecule has 0 radical (unpaired) electrons.